The molecule has 2 heterocycles. The van der Waals surface area contributed by atoms with E-state index >= 15 is 0 Å². The molecule has 0 saturated carbocycles. The van der Waals surface area contributed by atoms with Gasteiger partial charge >= 0.3 is 11.9 Å². The largest absolute Gasteiger partial charge is 0.481 e. The summed E-state index contributed by atoms with van der Waals surface area (Å²) in [5.74, 6) is -5.08. The van der Waals surface area contributed by atoms with E-state index < -0.39 is 60.4 Å². The van der Waals surface area contributed by atoms with Gasteiger partial charge in [0.15, 0.2) is 0 Å². The van der Waals surface area contributed by atoms with E-state index in [1.165, 1.54) is 12.5 Å². The zero-order valence-corrected chi connectivity index (χ0v) is 21.3. The van der Waals surface area contributed by atoms with Crippen LogP contribution in [0.5, 0.6) is 0 Å². The molecular weight excluding hydrogens is 526 g/mol. The number of aromatic nitrogens is 3. The number of carbonyl (C=O) groups is 5. The van der Waals surface area contributed by atoms with Crippen molar-refractivity contribution in [3.8, 4) is 0 Å². The molecule has 0 aliphatic carbocycles. The first-order valence-corrected chi connectivity index (χ1v) is 12.3. The molecule has 4 unspecified atom stereocenters. The number of aliphatic carboxylic acids is 2. The summed E-state index contributed by atoms with van der Waals surface area (Å²) in [7, 11) is 0. The number of imidazole rings is 1. The van der Waals surface area contributed by atoms with Gasteiger partial charge < -0.3 is 47.0 Å². The van der Waals surface area contributed by atoms with Gasteiger partial charge in [-0.2, -0.15) is 0 Å². The minimum atomic E-state index is -1.51. The number of fused-ring (bicyclic) bond motifs is 1. The zero-order valence-electron chi connectivity index (χ0n) is 21.3. The number of hydrogen-bond acceptors (Lipinski definition) is 8. The first-order chi connectivity index (χ1) is 19.1. The zero-order chi connectivity index (χ0) is 29.2. The number of nitrogens with zero attached hydrogens (tertiary/aromatic N) is 1. The van der Waals surface area contributed by atoms with Crippen LogP contribution in [0.25, 0.3) is 10.9 Å². The molecule has 0 spiro atoms. The van der Waals surface area contributed by atoms with Gasteiger partial charge in [0, 0.05) is 48.3 Å². The molecular formula is C25H31N7O8. The Hall–Kier alpha value is -4.76. The topological polar surface area (TPSA) is 253 Å². The van der Waals surface area contributed by atoms with E-state index in [1.54, 1.807) is 12.3 Å². The monoisotopic (exact) mass is 557 g/mol. The number of amides is 3. The second-order valence-corrected chi connectivity index (χ2v) is 9.09. The van der Waals surface area contributed by atoms with Crippen molar-refractivity contribution in [2.45, 2.75) is 49.9 Å². The number of carboxylic acids is 2. The van der Waals surface area contributed by atoms with Crippen molar-refractivity contribution in [2.24, 2.45) is 5.73 Å². The third kappa shape index (κ3) is 8.12. The number of hydrogen-bond donors (Lipinski definition) is 9. The van der Waals surface area contributed by atoms with Crippen molar-refractivity contribution in [1.82, 2.24) is 30.9 Å². The van der Waals surface area contributed by atoms with Gasteiger partial charge in [-0.15, -0.1) is 0 Å². The number of carboxylic acid groups (broad SMARTS) is 2. The van der Waals surface area contributed by atoms with Gasteiger partial charge in [0.25, 0.3) is 0 Å². The number of para-hydroxylation sites is 1. The number of benzene rings is 1. The molecule has 0 aliphatic rings. The van der Waals surface area contributed by atoms with Crippen molar-refractivity contribution in [3.05, 3.63) is 54.2 Å². The normalized spacial score (nSPS) is 14.1. The van der Waals surface area contributed by atoms with Crippen LogP contribution in [-0.2, 0) is 36.8 Å². The van der Waals surface area contributed by atoms with Crippen molar-refractivity contribution >= 4 is 40.6 Å². The lowest BCUT2D eigenvalue weighted by Gasteiger charge is -2.24. The van der Waals surface area contributed by atoms with Gasteiger partial charge in [0.05, 0.1) is 19.0 Å². The predicted octanol–water partition coefficient (Wildman–Crippen LogP) is -1.60. The molecule has 3 rings (SSSR count). The van der Waals surface area contributed by atoms with Crippen LogP contribution in [0.1, 0.15) is 24.1 Å². The molecule has 2 aromatic heterocycles. The second kappa shape index (κ2) is 13.9. The number of nitrogens with one attached hydrogen (secondary N) is 5. The molecule has 0 radical (unpaired) electrons. The molecule has 10 N–H and O–H groups in total. The van der Waals surface area contributed by atoms with Crippen LogP contribution in [-0.4, -0.2) is 90.7 Å². The van der Waals surface area contributed by atoms with Gasteiger partial charge in [-0.25, -0.2) is 9.78 Å². The number of aliphatic hydroxyl groups excluding tert-OH is 1. The fraction of sp³-hybridized carbons (Fsp3) is 0.360. The standard InChI is InChI=1S/C25H31N7O8/c26-16(5-6-21(34)35)22(36)32-20(11-33)24(38)30-18(8-14-10-27-12-29-14)23(37)31-19(25(39)40)7-13-9-28-17-4-2-1-3-15(13)17/h1-4,9-10,12,16,18-20,28,33H,5-8,11,26H2,(H,27,29)(H,30,38)(H,31,37)(H,32,36)(H,34,35)(H,39,40). The molecule has 1 aromatic carbocycles. The molecule has 40 heavy (non-hydrogen) atoms. The van der Waals surface area contributed by atoms with Gasteiger partial charge in [0.1, 0.15) is 18.1 Å². The van der Waals surface area contributed by atoms with Crippen LogP contribution in [0.2, 0.25) is 0 Å². The Labute approximate surface area is 227 Å². The summed E-state index contributed by atoms with van der Waals surface area (Å²) in [4.78, 5) is 70.9. The average molecular weight is 558 g/mol. The summed E-state index contributed by atoms with van der Waals surface area (Å²) >= 11 is 0. The predicted molar refractivity (Wildman–Crippen MR) is 140 cm³/mol. The van der Waals surface area contributed by atoms with Gasteiger partial charge in [-0.1, -0.05) is 18.2 Å². The smallest absolute Gasteiger partial charge is 0.326 e. The lowest BCUT2D eigenvalue weighted by atomic mass is 10.0. The molecule has 15 heteroatoms. The highest BCUT2D eigenvalue weighted by atomic mass is 16.4. The Bertz CT molecular complexity index is 1340. The molecule has 0 bridgehead atoms. The number of aromatic amines is 2. The lowest BCUT2D eigenvalue weighted by Crippen LogP contribution is -2.58. The summed E-state index contributed by atoms with van der Waals surface area (Å²) in [6.07, 6.45) is 3.71. The Balaban J connectivity index is 1.72. The summed E-state index contributed by atoms with van der Waals surface area (Å²) in [6.45, 7) is -0.847. The number of H-pyrrole nitrogens is 2. The van der Waals surface area contributed by atoms with Gasteiger partial charge in [-0.05, 0) is 18.1 Å². The van der Waals surface area contributed by atoms with Crippen molar-refractivity contribution in [3.63, 3.8) is 0 Å². The summed E-state index contributed by atoms with van der Waals surface area (Å²) < 4.78 is 0. The Morgan fingerprint density at radius 1 is 0.900 bits per heavy atom. The highest BCUT2D eigenvalue weighted by Gasteiger charge is 2.31. The third-order valence-corrected chi connectivity index (χ3v) is 6.15. The summed E-state index contributed by atoms with van der Waals surface area (Å²) in [5.41, 5.74) is 7.58. The average Bonchev–Trinajstić information content (AvgIpc) is 3.59. The van der Waals surface area contributed by atoms with Gasteiger partial charge in [0.2, 0.25) is 17.7 Å². The molecule has 15 nitrogen and oxygen atoms in total. The maximum atomic E-state index is 13.2. The van der Waals surface area contributed by atoms with E-state index in [9.17, 15) is 34.2 Å². The molecule has 0 aliphatic heterocycles. The minimum Gasteiger partial charge on any atom is -0.481 e. The fourth-order valence-electron chi connectivity index (χ4n) is 3.97. The molecule has 214 valence electrons. The van der Waals surface area contributed by atoms with Crippen LogP contribution in [0.3, 0.4) is 0 Å². The second-order valence-electron chi connectivity index (χ2n) is 9.09. The Morgan fingerprint density at radius 3 is 2.23 bits per heavy atom. The summed E-state index contributed by atoms with van der Waals surface area (Å²) in [5, 5.41) is 36.2. The molecule has 3 amide bonds. The van der Waals surface area contributed by atoms with Crippen LogP contribution < -0.4 is 21.7 Å². The van der Waals surface area contributed by atoms with Crippen LogP contribution in [0, 0.1) is 0 Å². The highest BCUT2D eigenvalue weighted by molar-refractivity contribution is 5.94. The van der Waals surface area contributed by atoms with Crippen molar-refractivity contribution < 1.29 is 39.3 Å². The summed E-state index contributed by atoms with van der Waals surface area (Å²) in [6, 6.07) is 1.87. The quantitative estimate of drug-likeness (QED) is 0.103. The Kier molecular flexibility index (Phi) is 10.3. The van der Waals surface area contributed by atoms with Crippen molar-refractivity contribution in [1.29, 1.82) is 0 Å². The SMILES string of the molecule is NC(CCC(=O)O)C(=O)NC(CO)C(=O)NC(Cc1cnc[nH]1)C(=O)NC(Cc1c[nH]c2ccccc12)C(=O)O. The van der Waals surface area contributed by atoms with E-state index in [2.05, 4.69) is 30.9 Å². The third-order valence-electron chi connectivity index (χ3n) is 6.15. The Morgan fingerprint density at radius 2 is 1.57 bits per heavy atom. The maximum Gasteiger partial charge on any atom is 0.326 e. The minimum absolute atomic E-state index is 0.0423. The first-order valence-electron chi connectivity index (χ1n) is 12.3. The number of carbonyl (C=O) groups excluding carboxylic acids is 3. The number of nitrogens with two attached hydrogens (primary N) is 1. The molecule has 0 fully saturated rings. The van der Waals surface area contributed by atoms with E-state index in [1.807, 2.05) is 18.2 Å². The van der Waals surface area contributed by atoms with Crippen LogP contribution >= 0.6 is 0 Å². The van der Waals surface area contributed by atoms with E-state index in [0.717, 1.165) is 10.9 Å². The van der Waals surface area contributed by atoms with Crippen LogP contribution in [0.4, 0.5) is 0 Å². The van der Waals surface area contributed by atoms with Crippen LogP contribution in [0.15, 0.2) is 43.0 Å². The van der Waals surface area contributed by atoms with E-state index in [4.69, 9.17) is 10.8 Å². The molecule has 0 saturated heterocycles. The fourth-order valence-corrected chi connectivity index (χ4v) is 3.97. The van der Waals surface area contributed by atoms with E-state index in [-0.39, 0.29) is 25.7 Å². The lowest BCUT2D eigenvalue weighted by molar-refractivity contribution is -0.142. The maximum absolute atomic E-state index is 13.2. The number of rotatable bonds is 15. The van der Waals surface area contributed by atoms with E-state index in [0.29, 0.717) is 11.3 Å². The highest BCUT2D eigenvalue weighted by Crippen LogP contribution is 2.19. The number of aliphatic hydroxyl groups is 1. The molecule has 4 atom stereocenters. The first kappa shape index (κ1) is 29.8. The van der Waals surface area contributed by atoms with Gasteiger partial charge in [-0.3, -0.25) is 19.2 Å². The van der Waals surface area contributed by atoms with Crippen molar-refractivity contribution in [2.75, 3.05) is 6.61 Å². The molecule has 3 aromatic rings.